The first-order valence-corrected chi connectivity index (χ1v) is 8.15. The SMILES string of the molecule is Cc1ccccc1NC(=S)NCCCn1cnc2ccccc21. The zero-order valence-electron chi connectivity index (χ0n) is 13.1. The Bertz CT molecular complexity index is 809. The summed E-state index contributed by atoms with van der Waals surface area (Å²) in [6, 6.07) is 16.3. The lowest BCUT2D eigenvalue weighted by Crippen LogP contribution is -2.30. The van der Waals surface area contributed by atoms with Crippen molar-refractivity contribution >= 4 is 34.1 Å². The molecule has 0 saturated carbocycles. The van der Waals surface area contributed by atoms with Crippen molar-refractivity contribution in [1.82, 2.24) is 14.9 Å². The van der Waals surface area contributed by atoms with Gasteiger partial charge < -0.3 is 15.2 Å². The van der Waals surface area contributed by atoms with E-state index >= 15 is 0 Å². The highest BCUT2D eigenvalue weighted by molar-refractivity contribution is 7.80. The lowest BCUT2D eigenvalue weighted by Gasteiger charge is -2.12. The molecule has 0 bridgehead atoms. The molecule has 0 saturated heterocycles. The number of nitrogens with one attached hydrogen (secondary N) is 2. The second-order valence-electron chi connectivity index (χ2n) is 5.48. The second kappa shape index (κ2) is 7.24. The summed E-state index contributed by atoms with van der Waals surface area (Å²) >= 11 is 5.34. The van der Waals surface area contributed by atoms with Crippen LogP contribution in [0.5, 0.6) is 0 Å². The summed E-state index contributed by atoms with van der Waals surface area (Å²) in [7, 11) is 0. The van der Waals surface area contributed by atoms with Gasteiger partial charge in [0.05, 0.1) is 17.4 Å². The molecule has 0 spiro atoms. The molecular formula is C18H20N4S. The molecule has 4 nitrogen and oxygen atoms in total. The molecule has 2 N–H and O–H groups in total. The molecule has 5 heteroatoms. The monoisotopic (exact) mass is 324 g/mol. The fourth-order valence-electron chi connectivity index (χ4n) is 2.52. The Labute approximate surface area is 141 Å². The molecule has 0 aliphatic rings. The minimum atomic E-state index is 0.662. The fourth-order valence-corrected chi connectivity index (χ4v) is 2.73. The first-order valence-electron chi connectivity index (χ1n) is 7.74. The van der Waals surface area contributed by atoms with Crippen LogP contribution in [0.4, 0.5) is 5.69 Å². The smallest absolute Gasteiger partial charge is 0.170 e. The number of hydrogen-bond acceptors (Lipinski definition) is 2. The minimum absolute atomic E-state index is 0.662. The van der Waals surface area contributed by atoms with Crippen molar-refractivity contribution < 1.29 is 0 Å². The van der Waals surface area contributed by atoms with Crippen LogP contribution in [0.15, 0.2) is 54.9 Å². The number of rotatable bonds is 5. The largest absolute Gasteiger partial charge is 0.362 e. The Balaban J connectivity index is 1.46. The van der Waals surface area contributed by atoms with E-state index in [1.165, 1.54) is 11.1 Å². The molecule has 1 aromatic heterocycles. The first kappa shape index (κ1) is 15.5. The number of imidazole rings is 1. The fraction of sp³-hybridized carbons (Fsp3) is 0.222. The van der Waals surface area contributed by atoms with Crippen LogP contribution < -0.4 is 10.6 Å². The third-order valence-corrected chi connectivity index (χ3v) is 4.03. The average molecular weight is 324 g/mol. The van der Waals surface area contributed by atoms with Crippen LogP contribution in [-0.2, 0) is 6.54 Å². The summed E-state index contributed by atoms with van der Waals surface area (Å²) in [6.45, 7) is 3.81. The Kier molecular flexibility index (Phi) is 4.88. The molecule has 2 aromatic carbocycles. The van der Waals surface area contributed by atoms with Crippen LogP contribution in [0.25, 0.3) is 11.0 Å². The van der Waals surface area contributed by atoms with Crippen molar-refractivity contribution in [2.45, 2.75) is 19.9 Å². The van der Waals surface area contributed by atoms with E-state index in [0.717, 1.165) is 30.7 Å². The number of para-hydroxylation sites is 3. The third-order valence-electron chi connectivity index (χ3n) is 3.78. The van der Waals surface area contributed by atoms with Crippen molar-refractivity contribution in [1.29, 1.82) is 0 Å². The lowest BCUT2D eigenvalue weighted by atomic mass is 10.2. The molecule has 1 heterocycles. The highest BCUT2D eigenvalue weighted by atomic mass is 32.1. The number of aryl methyl sites for hydroxylation is 2. The lowest BCUT2D eigenvalue weighted by molar-refractivity contribution is 0.645. The van der Waals surface area contributed by atoms with E-state index in [4.69, 9.17) is 12.2 Å². The maximum Gasteiger partial charge on any atom is 0.170 e. The average Bonchev–Trinajstić information content (AvgIpc) is 2.97. The van der Waals surface area contributed by atoms with Gasteiger partial charge in [-0.3, -0.25) is 0 Å². The van der Waals surface area contributed by atoms with Crippen molar-refractivity contribution in [2.75, 3.05) is 11.9 Å². The van der Waals surface area contributed by atoms with Crippen LogP contribution in [0, 0.1) is 6.92 Å². The molecule has 0 aliphatic carbocycles. The van der Waals surface area contributed by atoms with Gasteiger partial charge in [-0.15, -0.1) is 0 Å². The van der Waals surface area contributed by atoms with Gasteiger partial charge in [0, 0.05) is 18.8 Å². The first-order chi connectivity index (χ1) is 11.2. The maximum atomic E-state index is 5.34. The number of fused-ring (bicyclic) bond motifs is 1. The van der Waals surface area contributed by atoms with Gasteiger partial charge in [0.25, 0.3) is 0 Å². The highest BCUT2D eigenvalue weighted by Crippen LogP contribution is 2.13. The van der Waals surface area contributed by atoms with Gasteiger partial charge in [-0.25, -0.2) is 4.98 Å². The van der Waals surface area contributed by atoms with E-state index in [1.54, 1.807) is 0 Å². The molecule has 0 amide bonds. The predicted molar refractivity (Wildman–Crippen MR) is 99.8 cm³/mol. The van der Waals surface area contributed by atoms with E-state index in [2.05, 4.69) is 39.2 Å². The summed E-state index contributed by atoms with van der Waals surface area (Å²) in [5, 5.41) is 7.15. The molecule has 0 aliphatic heterocycles. The number of anilines is 1. The zero-order valence-corrected chi connectivity index (χ0v) is 13.9. The van der Waals surface area contributed by atoms with Gasteiger partial charge in [-0.2, -0.15) is 0 Å². The van der Waals surface area contributed by atoms with E-state index in [9.17, 15) is 0 Å². The quantitative estimate of drug-likeness (QED) is 0.554. The summed E-state index contributed by atoms with van der Waals surface area (Å²) in [4.78, 5) is 4.40. The Morgan fingerprint density at radius 2 is 1.91 bits per heavy atom. The van der Waals surface area contributed by atoms with Gasteiger partial charge >= 0.3 is 0 Å². The van der Waals surface area contributed by atoms with Crippen molar-refractivity contribution in [3.8, 4) is 0 Å². The van der Waals surface area contributed by atoms with Gasteiger partial charge in [-0.1, -0.05) is 30.3 Å². The van der Waals surface area contributed by atoms with Crippen molar-refractivity contribution in [3.63, 3.8) is 0 Å². The Morgan fingerprint density at radius 3 is 2.78 bits per heavy atom. The third kappa shape index (κ3) is 3.87. The van der Waals surface area contributed by atoms with Gasteiger partial charge in [0.15, 0.2) is 5.11 Å². The summed E-state index contributed by atoms with van der Waals surface area (Å²) in [5.74, 6) is 0. The molecule has 0 atom stereocenters. The molecule has 23 heavy (non-hydrogen) atoms. The van der Waals surface area contributed by atoms with Crippen LogP contribution in [0.2, 0.25) is 0 Å². The molecule has 3 rings (SSSR count). The number of nitrogens with zero attached hydrogens (tertiary/aromatic N) is 2. The Morgan fingerprint density at radius 1 is 1.13 bits per heavy atom. The highest BCUT2D eigenvalue weighted by Gasteiger charge is 2.02. The topological polar surface area (TPSA) is 41.9 Å². The summed E-state index contributed by atoms with van der Waals surface area (Å²) in [6.07, 6.45) is 2.88. The van der Waals surface area contributed by atoms with Gasteiger partial charge in [0.1, 0.15) is 0 Å². The van der Waals surface area contributed by atoms with Gasteiger partial charge in [0.2, 0.25) is 0 Å². The Hall–Kier alpha value is -2.40. The summed E-state index contributed by atoms with van der Waals surface area (Å²) in [5.41, 5.74) is 4.44. The van der Waals surface area contributed by atoms with Crippen molar-refractivity contribution in [3.05, 3.63) is 60.4 Å². The van der Waals surface area contributed by atoms with Crippen LogP contribution in [0.3, 0.4) is 0 Å². The summed E-state index contributed by atoms with van der Waals surface area (Å²) < 4.78 is 2.18. The van der Waals surface area contributed by atoms with Crippen LogP contribution >= 0.6 is 12.2 Å². The van der Waals surface area contributed by atoms with Crippen LogP contribution in [0.1, 0.15) is 12.0 Å². The predicted octanol–water partition coefficient (Wildman–Crippen LogP) is 3.72. The molecule has 0 unspecified atom stereocenters. The minimum Gasteiger partial charge on any atom is -0.362 e. The molecule has 118 valence electrons. The van der Waals surface area contributed by atoms with E-state index in [-0.39, 0.29) is 0 Å². The number of aromatic nitrogens is 2. The number of benzene rings is 2. The van der Waals surface area contributed by atoms with E-state index < -0.39 is 0 Å². The zero-order chi connectivity index (χ0) is 16.1. The van der Waals surface area contributed by atoms with E-state index in [0.29, 0.717) is 5.11 Å². The molecular weight excluding hydrogens is 304 g/mol. The normalized spacial score (nSPS) is 10.7. The number of thiocarbonyl (C=S) groups is 1. The molecule has 0 fully saturated rings. The second-order valence-corrected chi connectivity index (χ2v) is 5.88. The standard InChI is InChI=1S/C18H20N4S/c1-14-7-2-3-8-15(14)21-18(23)19-11-6-12-22-13-20-16-9-4-5-10-17(16)22/h2-5,7-10,13H,6,11-12H2,1H3,(H2,19,21,23). The van der Waals surface area contributed by atoms with Crippen LogP contribution in [-0.4, -0.2) is 21.2 Å². The molecule has 3 aromatic rings. The van der Waals surface area contributed by atoms with Crippen molar-refractivity contribution in [2.24, 2.45) is 0 Å². The van der Waals surface area contributed by atoms with E-state index in [1.807, 2.05) is 42.7 Å². The maximum absolute atomic E-state index is 5.34. The number of hydrogen-bond donors (Lipinski definition) is 2. The molecule has 0 radical (unpaired) electrons. The van der Waals surface area contributed by atoms with Gasteiger partial charge in [-0.05, 0) is 49.3 Å².